The molecule has 1 N–H and O–H groups in total. The fourth-order valence-corrected chi connectivity index (χ4v) is 4.42. The molecule has 0 aliphatic heterocycles. The Morgan fingerprint density at radius 1 is 0.500 bits per heavy atom. The highest BCUT2D eigenvalue weighted by molar-refractivity contribution is 5.90. The third-order valence-electron chi connectivity index (χ3n) is 6.60. The average Bonchev–Trinajstić information content (AvgIpc) is 2.82. The van der Waals surface area contributed by atoms with E-state index in [0.717, 1.165) is 25.0 Å². The molecule has 4 nitrogen and oxygen atoms in total. The molecule has 4 heteroatoms. The molecule has 0 heterocycles. The lowest BCUT2D eigenvalue weighted by Crippen LogP contribution is -2.03. The second kappa shape index (κ2) is 27.9. The van der Waals surface area contributed by atoms with Crippen LogP contribution in [0.3, 0.4) is 0 Å². The smallest absolute Gasteiger partial charge is 0.331 e. The number of aliphatic carboxylic acids is 1. The molecule has 200 valence electrons. The Hall–Kier alpha value is -1.32. The first kappa shape index (κ1) is 32.7. The molecule has 0 aromatic heterocycles. The van der Waals surface area contributed by atoms with Crippen molar-refractivity contribution in [3.05, 3.63) is 12.2 Å². The van der Waals surface area contributed by atoms with Crippen molar-refractivity contribution in [2.45, 2.75) is 161 Å². The van der Waals surface area contributed by atoms with Crippen LogP contribution in [0.5, 0.6) is 0 Å². The number of carboxylic acid groups (broad SMARTS) is 1. The number of carboxylic acids is 1. The van der Waals surface area contributed by atoms with E-state index in [2.05, 4.69) is 6.92 Å². The van der Waals surface area contributed by atoms with Gasteiger partial charge in [-0.3, -0.25) is 0 Å². The van der Waals surface area contributed by atoms with Gasteiger partial charge in [-0.05, 0) is 6.42 Å². The van der Waals surface area contributed by atoms with E-state index in [4.69, 9.17) is 9.84 Å². The van der Waals surface area contributed by atoms with E-state index in [-0.39, 0.29) is 0 Å². The summed E-state index contributed by atoms with van der Waals surface area (Å²) >= 11 is 0. The molecule has 0 unspecified atom stereocenters. The summed E-state index contributed by atoms with van der Waals surface area (Å²) in [4.78, 5) is 21.5. The van der Waals surface area contributed by atoms with Crippen LogP contribution in [0.15, 0.2) is 12.2 Å². The molecule has 0 saturated carbocycles. The third-order valence-corrected chi connectivity index (χ3v) is 6.60. The summed E-state index contributed by atoms with van der Waals surface area (Å²) in [6.07, 6.45) is 34.5. The molecule has 0 atom stereocenters. The van der Waals surface area contributed by atoms with Crippen LogP contribution in [0, 0.1) is 0 Å². The van der Waals surface area contributed by atoms with Gasteiger partial charge in [0.2, 0.25) is 0 Å². The van der Waals surface area contributed by atoms with Crippen molar-refractivity contribution in [1.29, 1.82) is 0 Å². The Morgan fingerprint density at radius 3 is 1.09 bits per heavy atom. The van der Waals surface area contributed by atoms with Crippen LogP contribution in [-0.2, 0) is 14.3 Å². The molecule has 0 aromatic carbocycles. The first-order valence-corrected chi connectivity index (χ1v) is 14.7. The van der Waals surface area contributed by atoms with Gasteiger partial charge in [-0.15, -0.1) is 0 Å². The van der Waals surface area contributed by atoms with E-state index in [1.165, 1.54) is 141 Å². The van der Waals surface area contributed by atoms with Crippen molar-refractivity contribution in [2.75, 3.05) is 6.61 Å². The van der Waals surface area contributed by atoms with Crippen LogP contribution in [0.2, 0.25) is 0 Å². The number of unbranched alkanes of at least 4 members (excludes halogenated alkanes) is 23. The first-order chi connectivity index (χ1) is 16.7. The van der Waals surface area contributed by atoms with Gasteiger partial charge in [0.05, 0.1) is 6.61 Å². The lowest BCUT2D eigenvalue weighted by Gasteiger charge is -2.04. The van der Waals surface area contributed by atoms with Crippen molar-refractivity contribution in [1.82, 2.24) is 0 Å². The van der Waals surface area contributed by atoms with Gasteiger partial charge in [0.1, 0.15) is 0 Å². The van der Waals surface area contributed by atoms with E-state index >= 15 is 0 Å². The predicted octanol–water partition coefficient (Wildman–Crippen LogP) is 9.55. The van der Waals surface area contributed by atoms with Gasteiger partial charge in [-0.25, -0.2) is 9.59 Å². The van der Waals surface area contributed by atoms with E-state index in [9.17, 15) is 9.59 Å². The van der Waals surface area contributed by atoms with Crippen LogP contribution >= 0.6 is 0 Å². The summed E-state index contributed by atoms with van der Waals surface area (Å²) in [6.45, 7) is 2.66. The molecule has 34 heavy (non-hydrogen) atoms. The Morgan fingerprint density at radius 2 is 0.794 bits per heavy atom. The zero-order chi connectivity index (χ0) is 25.0. The van der Waals surface area contributed by atoms with Crippen molar-refractivity contribution in [3.63, 3.8) is 0 Å². The van der Waals surface area contributed by atoms with Gasteiger partial charge in [0.25, 0.3) is 0 Å². The first-order valence-electron chi connectivity index (χ1n) is 14.7. The molecule has 0 fully saturated rings. The lowest BCUT2D eigenvalue weighted by molar-refractivity contribution is -0.138. The Kier molecular flexibility index (Phi) is 26.8. The van der Waals surface area contributed by atoms with Gasteiger partial charge in [-0.2, -0.15) is 0 Å². The van der Waals surface area contributed by atoms with E-state index < -0.39 is 11.9 Å². The quantitative estimate of drug-likeness (QED) is 0.0722. The maximum atomic E-state index is 11.2. The minimum Gasteiger partial charge on any atom is -0.478 e. The van der Waals surface area contributed by atoms with Crippen LogP contribution in [0.1, 0.15) is 161 Å². The highest BCUT2D eigenvalue weighted by atomic mass is 16.5. The molecule has 0 aromatic rings. The SMILES string of the molecule is CCCCCCCCCCCCCCCCCCCCCCCCCCOC(=O)/C=C\C(=O)O. The zero-order valence-corrected chi connectivity index (χ0v) is 22.5. The fourth-order valence-electron chi connectivity index (χ4n) is 4.42. The molecule has 0 spiro atoms. The second-order valence-electron chi connectivity index (χ2n) is 9.97. The van der Waals surface area contributed by atoms with Crippen LogP contribution in [0.4, 0.5) is 0 Å². The predicted molar refractivity (Wildman–Crippen MR) is 144 cm³/mol. The minimum absolute atomic E-state index is 0.377. The van der Waals surface area contributed by atoms with Gasteiger partial charge in [0.15, 0.2) is 0 Å². The zero-order valence-electron chi connectivity index (χ0n) is 22.5. The maximum absolute atomic E-state index is 11.2. The molecule has 0 aliphatic carbocycles. The normalized spacial score (nSPS) is 11.3. The fraction of sp³-hybridized carbons (Fsp3) is 0.867. The molecule has 0 amide bonds. The van der Waals surface area contributed by atoms with Crippen LogP contribution < -0.4 is 0 Å². The molecular formula is C30H56O4. The highest BCUT2D eigenvalue weighted by Gasteiger charge is 1.99. The molecule has 0 radical (unpaired) electrons. The largest absolute Gasteiger partial charge is 0.478 e. The molecule has 0 rings (SSSR count). The van der Waals surface area contributed by atoms with Crippen molar-refractivity contribution < 1.29 is 19.4 Å². The molecule has 0 saturated heterocycles. The lowest BCUT2D eigenvalue weighted by atomic mass is 10.0. The Labute approximate surface area is 211 Å². The van der Waals surface area contributed by atoms with Crippen molar-refractivity contribution in [3.8, 4) is 0 Å². The summed E-state index contributed by atoms with van der Waals surface area (Å²) in [5.74, 6) is -1.71. The van der Waals surface area contributed by atoms with Gasteiger partial charge >= 0.3 is 11.9 Å². The summed E-state index contributed by atoms with van der Waals surface area (Å²) in [5, 5.41) is 8.43. The number of hydrogen-bond acceptors (Lipinski definition) is 3. The summed E-state index contributed by atoms with van der Waals surface area (Å²) in [7, 11) is 0. The highest BCUT2D eigenvalue weighted by Crippen LogP contribution is 2.15. The van der Waals surface area contributed by atoms with Crippen molar-refractivity contribution >= 4 is 11.9 Å². The summed E-state index contributed by atoms with van der Waals surface area (Å²) in [6, 6.07) is 0. The van der Waals surface area contributed by atoms with Crippen LogP contribution in [-0.4, -0.2) is 23.7 Å². The number of esters is 1. The van der Waals surface area contributed by atoms with Crippen LogP contribution in [0.25, 0.3) is 0 Å². The number of rotatable bonds is 27. The average molecular weight is 481 g/mol. The van der Waals surface area contributed by atoms with Crippen molar-refractivity contribution in [2.24, 2.45) is 0 Å². The minimum atomic E-state index is -1.13. The molecule has 0 bridgehead atoms. The van der Waals surface area contributed by atoms with E-state index in [1.807, 2.05) is 0 Å². The Balaban J connectivity index is 3.10. The number of hydrogen-bond donors (Lipinski definition) is 1. The Bertz CT molecular complexity index is 472. The van der Waals surface area contributed by atoms with Gasteiger partial charge < -0.3 is 9.84 Å². The monoisotopic (exact) mass is 480 g/mol. The molecular weight excluding hydrogens is 424 g/mol. The van der Waals surface area contributed by atoms with Gasteiger partial charge in [-0.1, -0.05) is 155 Å². The number of carbonyl (C=O) groups is 2. The second-order valence-corrected chi connectivity index (χ2v) is 9.97. The molecule has 0 aliphatic rings. The standard InChI is InChI=1S/C30H56O4/c1-2-3-4-5-6-7-8-9-10-11-12-13-14-15-16-17-18-19-20-21-22-23-24-25-28-34-30(33)27-26-29(31)32/h26-27H,2-25,28H2,1H3,(H,31,32)/b27-26-. The van der Waals surface area contributed by atoms with E-state index in [1.54, 1.807) is 0 Å². The topological polar surface area (TPSA) is 63.6 Å². The van der Waals surface area contributed by atoms with Gasteiger partial charge in [0, 0.05) is 12.2 Å². The number of ether oxygens (including phenoxy) is 1. The summed E-state index contributed by atoms with van der Waals surface area (Å²) in [5.41, 5.74) is 0. The third kappa shape index (κ3) is 28.7. The maximum Gasteiger partial charge on any atom is 0.331 e. The number of carbonyl (C=O) groups excluding carboxylic acids is 1. The van der Waals surface area contributed by atoms with E-state index in [0.29, 0.717) is 6.61 Å². The summed E-state index contributed by atoms with van der Waals surface area (Å²) < 4.78 is 4.95.